The molecule has 2 aliphatic rings. The summed E-state index contributed by atoms with van der Waals surface area (Å²) >= 11 is 1.91. The topological polar surface area (TPSA) is 125 Å². The van der Waals surface area contributed by atoms with Crippen LogP contribution >= 0.6 is 11.8 Å². The summed E-state index contributed by atoms with van der Waals surface area (Å²) < 4.78 is 0. The molecule has 0 bridgehead atoms. The Kier molecular flexibility index (Phi) is 9.75. The molecule has 2 fully saturated rings. The fourth-order valence-corrected chi connectivity index (χ4v) is 5.02. The zero-order chi connectivity index (χ0) is 19.5. The Morgan fingerprint density at radius 3 is 2.44 bits per heavy atom. The Hall–Kier alpha value is -1.48. The molecule has 0 aromatic carbocycles. The van der Waals surface area contributed by atoms with Crippen LogP contribution in [0.25, 0.3) is 0 Å². The Morgan fingerprint density at radius 1 is 1.00 bits per heavy atom. The summed E-state index contributed by atoms with van der Waals surface area (Å²) in [5, 5.41) is 12.1. The lowest BCUT2D eigenvalue weighted by Gasteiger charge is -2.16. The van der Waals surface area contributed by atoms with Crippen LogP contribution in [-0.4, -0.2) is 60.6 Å². The van der Waals surface area contributed by atoms with Crippen molar-refractivity contribution in [2.45, 2.75) is 68.7 Å². The number of amides is 4. The summed E-state index contributed by atoms with van der Waals surface area (Å²) in [4.78, 5) is 34.6. The highest BCUT2D eigenvalue weighted by Gasteiger charge is 2.42. The third kappa shape index (κ3) is 7.96. The normalized spacial score (nSPS) is 23.4. The van der Waals surface area contributed by atoms with Gasteiger partial charge in [-0.3, -0.25) is 9.59 Å². The third-order valence-corrected chi connectivity index (χ3v) is 6.46. The number of thioether (sulfide) groups is 1. The van der Waals surface area contributed by atoms with Crippen molar-refractivity contribution in [2.24, 2.45) is 5.73 Å². The minimum atomic E-state index is -0.0501. The van der Waals surface area contributed by atoms with Gasteiger partial charge in [0.2, 0.25) is 11.8 Å². The number of nitrogens with one attached hydrogen (secondary N) is 4. The molecular weight excluding hydrogens is 366 g/mol. The predicted molar refractivity (Wildman–Crippen MR) is 107 cm³/mol. The summed E-state index contributed by atoms with van der Waals surface area (Å²) in [6.45, 7) is 1.66. The summed E-state index contributed by atoms with van der Waals surface area (Å²) in [5.41, 5.74) is 5.33. The largest absolute Gasteiger partial charge is 0.356 e. The predicted octanol–water partition coefficient (Wildman–Crippen LogP) is 0.464. The molecule has 2 rings (SSSR count). The highest BCUT2D eigenvalue weighted by molar-refractivity contribution is 8.00. The highest BCUT2D eigenvalue weighted by atomic mass is 32.2. The molecule has 9 heteroatoms. The maximum Gasteiger partial charge on any atom is 0.315 e. The van der Waals surface area contributed by atoms with Gasteiger partial charge in [0.05, 0.1) is 12.1 Å². The number of carbonyl (C=O) groups is 3. The van der Waals surface area contributed by atoms with E-state index < -0.39 is 0 Å². The molecule has 0 saturated carbocycles. The summed E-state index contributed by atoms with van der Waals surface area (Å²) in [7, 11) is 0. The Morgan fingerprint density at radius 2 is 1.70 bits per heavy atom. The second kappa shape index (κ2) is 12.1. The van der Waals surface area contributed by atoms with Gasteiger partial charge in [0, 0.05) is 43.5 Å². The van der Waals surface area contributed by atoms with Gasteiger partial charge in [-0.05, 0) is 25.7 Å². The van der Waals surface area contributed by atoms with Gasteiger partial charge >= 0.3 is 6.03 Å². The fraction of sp³-hybridized carbons (Fsp3) is 0.833. The van der Waals surface area contributed by atoms with Crippen LogP contribution in [0, 0.1) is 0 Å². The molecule has 1 unspecified atom stereocenters. The van der Waals surface area contributed by atoms with E-state index in [0.717, 1.165) is 44.3 Å². The van der Waals surface area contributed by atoms with Crippen molar-refractivity contribution in [1.82, 2.24) is 21.3 Å². The van der Waals surface area contributed by atoms with Crippen LogP contribution in [0.15, 0.2) is 0 Å². The van der Waals surface area contributed by atoms with E-state index in [1.54, 1.807) is 0 Å². The first-order chi connectivity index (χ1) is 13.1. The van der Waals surface area contributed by atoms with Crippen LogP contribution in [0.1, 0.15) is 51.4 Å². The molecule has 2 heterocycles. The Labute approximate surface area is 165 Å². The highest BCUT2D eigenvalue weighted by Crippen LogP contribution is 2.33. The van der Waals surface area contributed by atoms with E-state index in [1.165, 1.54) is 0 Å². The van der Waals surface area contributed by atoms with Gasteiger partial charge in [0.1, 0.15) is 0 Å². The van der Waals surface area contributed by atoms with Crippen LogP contribution < -0.4 is 27.0 Å². The van der Waals surface area contributed by atoms with Gasteiger partial charge in [0.15, 0.2) is 0 Å². The van der Waals surface area contributed by atoms with Crippen molar-refractivity contribution in [1.29, 1.82) is 0 Å². The van der Waals surface area contributed by atoms with E-state index in [-0.39, 0.29) is 29.9 Å². The maximum absolute atomic E-state index is 11.9. The van der Waals surface area contributed by atoms with Gasteiger partial charge in [-0.2, -0.15) is 11.8 Å². The number of unbranched alkanes of at least 4 members (excludes halogenated alkanes) is 3. The average Bonchev–Trinajstić information content (AvgIpc) is 3.19. The molecule has 0 aliphatic carbocycles. The van der Waals surface area contributed by atoms with Gasteiger partial charge in [-0.25, -0.2) is 4.79 Å². The molecule has 0 spiro atoms. The lowest BCUT2D eigenvalue weighted by atomic mass is 10.0. The molecule has 6 N–H and O–H groups in total. The monoisotopic (exact) mass is 399 g/mol. The van der Waals surface area contributed by atoms with E-state index >= 15 is 0 Å². The Balaban J connectivity index is 1.41. The molecule has 3 atom stereocenters. The number of nitrogens with two attached hydrogens (primary N) is 1. The van der Waals surface area contributed by atoms with Crippen molar-refractivity contribution in [3.63, 3.8) is 0 Å². The molecular formula is C18H33N5O3S. The van der Waals surface area contributed by atoms with Crippen LogP contribution in [0.3, 0.4) is 0 Å². The molecule has 27 heavy (non-hydrogen) atoms. The zero-order valence-corrected chi connectivity index (χ0v) is 16.7. The standard InChI is InChI=1S/C18H33N5O3S/c19-9-11-21-16(25)7-2-1-5-10-20-15(24)8-4-3-6-14-17-13(12-27-14)22-18(26)23-17/h13-14,17H,1-12,19H2,(H,20,24)(H,21,25)(H2,22,23,26)/t13-,14?,17-/m0/s1. The van der Waals surface area contributed by atoms with Crippen LogP contribution in [0.4, 0.5) is 4.79 Å². The minimum Gasteiger partial charge on any atom is -0.356 e. The molecule has 0 aromatic rings. The summed E-state index contributed by atoms with van der Waals surface area (Å²) in [6, 6.07) is 0.460. The number of rotatable bonds is 13. The molecule has 0 radical (unpaired) electrons. The van der Waals surface area contributed by atoms with Crippen LogP contribution in [0.5, 0.6) is 0 Å². The molecule has 2 aliphatic heterocycles. The first kappa shape index (κ1) is 21.8. The molecule has 4 amide bonds. The van der Waals surface area contributed by atoms with Crippen LogP contribution in [0.2, 0.25) is 0 Å². The number of hydrogen-bond donors (Lipinski definition) is 5. The average molecular weight is 400 g/mol. The van der Waals surface area contributed by atoms with Crippen molar-refractivity contribution in [2.75, 3.05) is 25.4 Å². The lowest BCUT2D eigenvalue weighted by Crippen LogP contribution is -2.36. The first-order valence-electron chi connectivity index (χ1n) is 10.0. The number of fused-ring (bicyclic) bond motifs is 1. The van der Waals surface area contributed by atoms with Crippen LogP contribution in [-0.2, 0) is 9.59 Å². The Bertz CT molecular complexity index is 505. The van der Waals surface area contributed by atoms with E-state index in [0.29, 0.717) is 37.7 Å². The van der Waals surface area contributed by atoms with E-state index in [1.807, 2.05) is 11.8 Å². The van der Waals surface area contributed by atoms with E-state index in [4.69, 9.17) is 5.73 Å². The number of urea groups is 1. The smallest absolute Gasteiger partial charge is 0.315 e. The summed E-state index contributed by atoms with van der Waals surface area (Å²) in [6.07, 6.45) is 6.64. The van der Waals surface area contributed by atoms with Crippen molar-refractivity contribution in [3.8, 4) is 0 Å². The summed E-state index contributed by atoms with van der Waals surface area (Å²) in [5.74, 6) is 1.12. The molecule has 154 valence electrons. The molecule has 8 nitrogen and oxygen atoms in total. The van der Waals surface area contributed by atoms with Crippen molar-refractivity contribution >= 4 is 29.6 Å². The van der Waals surface area contributed by atoms with Gasteiger partial charge in [-0.1, -0.05) is 12.8 Å². The quantitative estimate of drug-likeness (QED) is 0.227. The van der Waals surface area contributed by atoms with Gasteiger partial charge < -0.3 is 27.0 Å². The maximum atomic E-state index is 11.9. The number of hydrogen-bond acceptors (Lipinski definition) is 5. The van der Waals surface area contributed by atoms with Gasteiger partial charge in [0.25, 0.3) is 0 Å². The SMILES string of the molecule is NCCNC(=O)CCCCCNC(=O)CCCCC1SC[C@@H]2NC(=O)N[C@H]12. The molecule has 2 saturated heterocycles. The van der Waals surface area contributed by atoms with Gasteiger partial charge in [-0.15, -0.1) is 0 Å². The minimum absolute atomic E-state index is 0.0455. The fourth-order valence-electron chi connectivity index (χ4n) is 3.48. The third-order valence-electron chi connectivity index (χ3n) is 4.95. The second-order valence-corrected chi connectivity index (χ2v) is 8.44. The molecule has 0 aromatic heterocycles. The zero-order valence-electron chi connectivity index (χ0n) is 15.9. The lowest BCUT2D eigenvalue weighted by molar-refractivity contribution is -0.122. The van der Waals surface area contributed by atoms with E-state index in [2.05, 4.69) is 21.3 Å². The number of carbonyl (C=O) groups excluding carboxylic acids is 3. The van der Waals surface area contributed by atoms with Crippen molar-refractivity contribution in [3.05, 3.63) is 0 Å². The first-order valence-corrected chi connectivity index (χ1v) is 11.1. The van der Waals surface area contributed by atoms with Crippen molar-refractivity contribution < 1.29 is 14.4 Å². The van der Waals surface area contributed by atoms with E-state index in [9.17, 15) is 14.4 Å². The second-order valence-electron chi connectivity index (χ2n) is 7.17.